The van der Waals surface area contributed by atoms with E-state index in [-0.39, 0.29) is 0 Å². The van der Waals surface area contributed by atoms with Gasteiger partial charge >= 0.3 is 0 Å². The zero-order valence-corrected chi connectivity index (χ0v) is 12.2. The third kappa shape index (κ3) is 3.73. The zero-order chi connectivity index (χ0) is 12.3. The van der Waals surface area contributed by atoms with E-state index in [1.54, 1.807) is 0 Å². The molecular formula is C11H6IN3S2. The maximum atomic E-state index is 4.95. The van der Waals surface area contributed by atoms with Crippen molar-refractivity contribution in [3.8, 4) is 11.8 Å². The van der Waals surface area contributed by atoms with Crippen LogP contribution in [0, 0.1) is 25.0 Å². The maximum Gasteiger partial charge on any atom is 0.201 e. The van der Waals surface area contributed by atoms with Gasteiger partial charge in [0.25, 0.3) is 0 Å². The molecule has 0 saturated heterocycles. The van der Waals surface area contributed by atoms with Crippen LogP contribution < -0.4 is 0 Å². The summed E-state index contributed by atoms with van der Waals surface area (Å²) in [5, 5.41) is 0. The molecule has 2 aromatic rings. The Balaban J connectivity index is 2.36. The Morgan fingerprint density at radius 2 is 1.76 bits per heavy atom. The van der Waals surface area contributed by atoms with Crippen molar-refractivity contribution in [2.75, 3.05) is 0 Å². The summed E-state index contributed by atoms with van der Waals surface area (Å²) in [4.78, 5) is 9.58. The Labute approximate surface area is 122 Å². The summed E-state index contributed by atoms with van der Waals surface area (Å²) in [6.45, 7) is 0. The van der Waals surface area contributed by atoms with Crippen molar-refractivity contribution in [1.29, 1.82) is 0 Å². The molecule has 0 unspecified atom stereocenters. The van der Waals surface area contributed by atoms with Crippen molar-refractivity contribution in [3.05, 3.63) is 48.8 Å². The summed E-state index contributed by atoms with van der Waals surface area (Å²) >= 11 is 12.1. The van der Waals surface area contributed by atoms with Gasteiger partial charge in [-0.2, -0.15) is 4.98 Å². The molecule has 0 aliphatic carbocycles. The van der Waals surface area contributed by atoms with Gasteiger partial charge in [-0.15, -0.1) is 0 Å². The van der Waals surface area contributed by atoms with E-state index in [9.17, 15) is 0 Å². The molecule has 0 spiro atoms. The highest BCUT2D eigenvalue weighted by Crippen LogP contribution is 2.05. The first-order valence-corrected chi connectivity index (χ1v) is 6.51. The second-order valence-corrected chi connectivity index (χ2v) is 5.14. The van der Waals surface area contributed by atoms with E-state index >= 15 is 0 Å². The highest BCUT2D eigenvalue weighted by molar-refractivity contribution is 14.1. The average molecular weight is 371 g/mol. The molecule has 84 valence electrons. The summed E-state index contributed by atoms with van der Waals surface area (Å²) in [5.74, 6) is 6.35. The molecular weight excluding hydrogens is 365 g/mol. The summed E-state index contributed by atoms with van der Waals surface area (Å²) in [6.07, 6.45) is 0. The molecule has 2 N–H and O–H groups in total. The van der Waals surface area contributed by atoms with Crippen molar-refractivity contribution in [2.24, 2.45) is 0 Å². The zero-order valence-electron chi connectivity index (χ0n) is 8.45. The van der Waals surface area contributed by atoms with E-state index in [1.807, 2.05) is 24.3 Å². The monoisotopic (exact) mass is 371 g/mol. The fourth-order valence-electron chi connectivity index (χ4n) is 1.12. The van der Waals surface area contributed by atoms with E-state index in [0.717, 1.165) is 5.56 Å². The van der Waals surface area contributed by atoms with Crippen molar-refractivity contribution < 1.29 is 0 Å². The predicted molar refractivity (Wildman–Crippen MR) is 79.7 cm³/mol. The van der Waals surface area contributed by atoms with E-state index in [4.69, 9.17) is 24.4 Å². The van der Waals surface area contributed by atoms with Crippen LogP contribution in [0.2, 0.25) is 0 Å². The summed E-state index contributed by atoms with van der Waals surface area (Å²) < 4.78 is 1.94. The summed E-state index contributed by atoms with van der Waals surface area (Å²) in [6, 6.07) is 7.90. The van der Waals surface area contributed by atoms with Gasteiger partial charge in [-0.05, 0) is 77.2 Å². The molecule has 17 heavy (non-hydrogen) atoms. The SMILES string of the molecule is S=c1nc(C#Cc2ccc(I)cc2)[nH]c(=S)[nH]1. The molecule has 6 heteroatoms. The van der Waals surface area contributed by atoms with Gasteiger partial charge < -0.3 is 9.97 Å². The number of halogens is 1. The molecule has 0 amide bonds. The Morgan fingerprint density at radius 1 is 1.06 bits per heavy atom. The first-order valence-electron chi connectivity index (χ1n) is 4.62. The number of H-pyrrole nitrogens is 2. The fraction of sp³-hybridized carbons (Fsp3) is 0. The molecule has 1 aromatic carbocycles. The molecule has 0 bridgehead atoms. The minimum atomic E-state index is 0.334. The van der Waals surface area contributed by atoms with Crippen molar-refractivity contribution in [1.82, 2.24) is 15.0 Å². The molecule has 3 nitrogen and oxygen atoms in total. The van der Waals surface area contributed by atoms with E-state index in [0.29, 0.717) is 15.4 Å². The lowest BCUT2D eigenvalue weighted by molar-refractivity contribution is 0.981. The van der Waals surface area contributed by atoms with Crippen LogP contribution in [-0.4, -0.2) is 15.0 Å². The van der Waals surface area contributed by atoms with Crippen LogP contribution in [0.5, 0.6) is 0 Å². The molecule has 1 heterocycles. The molecule has 0 aliphatic rings. The molecule has 1 aromatic heterocycles. The highest BCUT2D eigenvalue weighted by Gasteiger charge is 1.90. The number of aromatic amines is 2. The Hall–Kier alpha value is -1.04. The number of aromatic nitrogens is 3. The topological polar surface area (TPSA) is 44.5 Å². The molecule has 0 aliphatic heterocycles. The predicted octanol–water partition coefficient (Wildman–Crippen LogP) is 3.20. The molecule has 0 saturated carbocycles. The van der Waals surface area contributed by atoms with Crippen molar-refractivity contribution in [2.45, 2.75) is 0 Å². The smallest absolute Gasteiger partial charge is 0.201 e. The quantitative estimate of drug-likeness (QED) is 0.425. The summed E-state index contributed by atoms with van der Waals surface area (Å²) in [5.41, 5.74) is 0.922. The van der Waals surface area contributed by atoms with Gasteiger partial charge in [-0.25, -0.2) is 0 Å². The Morgan fingerprint density at radius 3 is 2.41 bits per heavy atom. The van der Waals surface area contributed by atoms with Gasteiger partial charge in [-0.1, -0.05) is 5.92 Å². The molecule has 0 radical (unpaired) electrons. The number of nitrogens with zero attached hydrogens (tertiary/aromatic N) is 1. The van der Waals surface area contributed by atoms with Crippen LogP contribution in [0.3, 0.4) is 0 Å². The van der Waals surface area contributed by atoms with Crippen LogP contribution in [0.15, 0.2) is 24.3 Å². The van der Waals surface area contributed by atoms with Crippen LogP contribution >= 0.6 is 47.0 Å². The first-order chi connectivity index (χ1) is 8.13. The van der Waals surface area contributed by atoms with Crippen LogP contribution in [-0.2, 0) is 0 Å². The molecule has 0 atom stereocenters. The lowest BCUT2D eigenvalue weighted by Crippen LogP contribution is -1.92. The van der Waals surface area contributed by atoms with E-state index < -0.39 is 0 Å². The number of benzene rings is 1. The third-order valence-corrected chi connectivity index (χ3v) is 2.95. The number of hydrogen-bond donors (Lipinski definition) is 2. The van der Waals surface area contributed by atoms with Gasteiger partial charge in [0.2, 0.25) is 4.77 Å². The minimum absolute atomic E-state index is 0.334. The van der Waals surface area contributed by atoms with Crippen LogP contribution in [0.4, 0.5) is 0 Å². The number of hydrogen-bond acceptors (Lipinski definition) is 3. The van der Waals surface area contributed by atoms with Crippen LogP contribution in [0.25, 0.3) is 0 Å². The number of nitrogens with one attached hydrogen (secondary N) is 2. The van der Waals surface area contributed by atoms with E-state index in [2.05, 4.69) is 49.4 Å². The second-order valence-electron chi connectivity index (χ2n) is 3.10. The Kier molecular flexibility index (Phi) is 4.04. The third-order valence-electron chi connectivity index (χ3n) is 1.84. The lowest BCUT2D eigenvalue weighted by atomic mass is 10.2. The number of rotatable bonds is 0. The fourth-order valence-corrected chi connectivity index (χ4v) is 1.93. The largest absolute Gasteiger partial charge is 0.310 e. The lowest BCUT2D eigenvalue weighted by Gasteiger charge is -1.91. The molecule has 0 fully saturated rings. The highest BCUT2D eigenvalue weighted by atomic mass is 127. The van der Waals surface area contributed by atoms with Crippen LogP contribution in [0.1, 0.15) is 11.4 Å². The standard InChI is InChI=1S/C11H6IN3S2/c12-8-4-1-7(2-5-8)3-6-9-13-10(16)15-11(17)14-9/h1-2,4-5H,(H2,13,14,15,16,17). The van der Waals surface area contributed by atoms with Gasteiger partial charge in [0.05, 0.1) is 0 Å². The minimum Gasteiger partial charge on any atom is -0.310 e. The van der Waals surface area contributed by atoms with Gasteiger partial charge in [0.15, 0.2) is 10.6 Å². The molecule has 2 rings (SSSR count). The van der Waals surface area contributed by atoms with E-state index in [1.165, 1.54) is 3.57 Å². The van der Waals surface area contributed by atoms with Crippen molar-refractivity contribution >= 4 is 47.0 Å². The van der Waals surface area contributed by atoms with Crippen molar-refractivity contribution in [3.63, 3.8) is 0 Å². The van der Waals surface area contributed by atoms with Gasteiger partial charge in [0, 0.05) is 9.13 Å². The summed E-state index contributed by atoms with van der Waals surface area (Å²) in [7, 11) is 0. The maximum absolute atomic E-state index is 4.95. The average Bonchev–Trinajstić information content (AvgIpc) is 2.27. The second kappa shape index (κ2) is 5.53. The normalized spacial score (nSPS) is 9.47. The van der Waals surface area contributed by atoms with Gasteiger partial charge in [0.1, 0.15) is 0 Å². The van der Waals surface area contributed by atoms with Gasteiger partial charge in [-0.3, -0.25) is 0 Å². The first kappa shape index (κ1) is 12.4. The Bertz CT molecular complexity index is 676.